The van der Waals surface area contributed by atoms with Crippen LogP contribution in [0.3, 0.4) is 0 Å². The molecule has 1 heterocycles. The van der Waals surface area contributed by atoms with Gasteiger partial charge in [-0.05, 0) is 23.6 Å². The topological polar surface area (TPSA) is 50.2 Å². The predicted octanol–water partition coefficient (Wildman–Crippen LogP) is 1.20. The van der Waals surface area contributed by atoms with Crippen LogP contribution in [0.2, 0.25) is 0 Å². The number of hydrogen-bond acceptors (Lipinski definition) is 3. The van der Waals surface area contributed by atoms with Crippen LogP contribution in [0, 0.1) is 0 Å². The van der Waals surface area contributed by atoms with Crippen LogP contribution in [0.1, 0.15) is 0 Å². The van der Waals surface area contributed by atoms with Gasteiger partial charge in [0.05, 0.1) is 17.2 Å². The molecule has 0 radical (unpaired) electrons. The standard InChI is InChI=1S/C12H7NO2/c14-6-7-4-5-10-11-8(7)2-1-3-9(11)12(15)13-10/h1-6,14H/b7-6+. The fourth-order valence-corrected chi connectivity index (χ4v) is 1.96. The molecule has 0 atom stereocenters. The van der Waals surface area contributed by atoms with Gasteiger partial charge in [0.25, 0.3) is 5.56 Å². The molecule has 0 spiro atoms. The zero-order chi connectivity index (χ0) is 10.4. The second-order valence-corrected chi connectivity index (χ2v) is 3.45. The van der Waals surface area contributed by atoms with Crippen LogP contribution in [0.25, 0.3) is 27.9 Å². The normalized spacial score (nSPS) is 12.9. The first-order chi connectivity index (χ1) is 7.31. The van der Waals surface area contributed by atoms with Crippen molar-refractivity contribution in [2.24, 2.45) is 0 Å². The van der Waals surface area contributed by atoms with E-state index in [2.05, 4.69) is 4.98 Å². The van der Waals surface area contributed by atoms with Gasteiger partial charge < -0.3 is 5.11 Å². The maximum Gasteiger partial charge on any atom is 0.278 e. The second kappa shape index (κ2) is 2.67. The van der Waals surface area contributed by atoms with E-state index in [-0.39, 0.29) is 5.56 Å². The molecule has 0 amide bonds. The maximum atomic E-state index is 11.5. The molecule has 3 nitrogen and oxygen atoms in total. The summed E-state index contributed by atoms with van der Waals surface area (Å²) in [7, 11) is 0. The van der Waals surface area contributed by atoms with Crippen molar-refractivity contribution in [1.29, 1.82) is 0 Å². The van der Waals surface area contributed by atoms with Crippen molar-refractivity contribution in [2.45, 2.75) is 0 Å². The highest BCUT2D eigenvalue weighted by molar-refractivity contribution is 6.09. The van der Waals surface area contributed by atoms with Crippen LogP contribution in [0.4, 0.5) is 0 Å². The van der Waals surface area contributed by atoms with Gasteiger partial charge in [0, 0.05) is 10.6 Å². The van der Waals surface area contributed by atoms with E-state index < -0.39 is 0 Å². The molecule has 0 aliphatic rings. The Morgan fingerprint density at radius 3 is 2.73 bits per heavy atom. The SMILES string of the molecule is O=c1nc2cc/c(=C\O)c3cccc1c23. The predicted molar refractivity (Wildman–Crippen MR) is 59.0 cm³/mol. The summed E-state index contributed by atoms with van der Waals surface area (Å²) in [6, 6.07) is 8.93. The van der Waals surface area contributed by atoms with Crippen molar-refractivity contribution >= 4 is 27.9 Å². The summed E-state index contributed by atoms with van der Waals surface area (Å²) in [5.74, 6) is 0. The summed E-state index contributed by atoms with van der Waals surface area (Å²) >= 11 is 0. The minimum Gasteiger partial charge on any atom is -0.515 e. The quantitative estimate of drug-likeness (QED) is 0.589. The summed E-state index contributed by atoms with van der Waals surface area (Å²) in [6.45, 7) is 0. The van der Waals surface area contributed by atoms with E-state index in [0.29, 0.717) is 16.1 Å². The molecule has 15 heavy (non-hydrogen) atoms. The average Bonchev–Trinajstić information content (AvgIpc) is 2.59. The van der Waals surface area contributed by atoms with Crippen molar-refractivity contribution in [3.63, 3.8) is 0 Å². The Morgan fingerprint density at radius 2 is 1.93 bits per heavy atom. The molecule has 72 valence electrons. The number of nitrogens with zero attached hydrogens (tertiary/aromatic N) is 1. The van der Waals surface area contributed by atoms with Crippen molar-refractivity contribution in [1.82, 2.24) is 4.98 Å². The molecular formula is C12H7NO2. The fraction of sp³-hybridized carbons (Fsp3) is 0. The summed E-state index contributed by atoms with van der Waals surface area (Å²) in [4.78, 5) is 15.4. The number of rotatable bonds is 0. The molecule has 0 bridgehead atoms. The van der Waals surface area contributed by atoms with E-state index in [1.54, 1.807) is 24.3 Å². The highest BCUT2D eigenvalue weighted by atomic mass is 16.2. The summed E-state index contributed by atoms with van der Waals surface area (Å²) in [5, 5.41) is 12.1. The van der Waals surface area contributed by atoms with Crippen molar-refractivity contribution in [3.8, 4) is 0 Å². The van der Waals surface area contributed by atoms with Crippen molar-refractivity contribution in [2.75, 3.05) is 0 Å². The van der Waals surface area contributed by atoms with Crippen LogP contribution < -0.4 is 10.8 Å². The van der Waals surface area contributed by atoms with Crippen LogP contribution in [-0.4, -0.2) is 10.1 Å². The van der Waals surface area contributed by atoms with Gasteiger partial charge in [-0.25, -0.2) is 4.98 Å². The third-order valence-electron chi connectivity index (χ3n) is 2.64. The molecule has 0 saturated heterocycles. The molecule has 2 aromatic carbocycles. The van der Waals surface area contributed by atoms with Gasteiger partial charge in [-0.3, -0.25) is 4.79 Å². The maximum absolute atomic E-state index is 11.5. The third-order valence-corrected chi connectivity index (χ3v) is 2.64. The van der Waals surface area contributed by atoms with Gasteiger partial charge in [-0.15, -0.1) is 0 Å². The van der Waals surface area contributed by atoms with E-state index in [1.807, 2.05) is 6.07 Å². The molecule has 1 aromatic heterocycles. The highest BCUT2D eigenvalue weighted by Gasteiger charge is 2.08. The zero-order valence-electron chi connectivity index (χ0n) is 7.77. The zero-order valence-corrected chi connectivity index (χ0v) is 7.77. The number of aromatic nitrogens is 1. The number of aliphatic hydroxyl groups excluding tert-OH is 1. The Bertz CT molecular complexity index is 749. The summed E-state index contributed by atoms with van der Waals surface area (Å²) < 4.78 is 0. The van der Waals surface area contributed by atoms with E-state index >= 15 is 0 Å². The van der Waals surface area contributed by atoms with Gasteiger partial charge in [-0.1, -0.05) is 12.1 Å². The monoisotopic (exact) mass is 197 g/mol. The van der Waals surface area contributed by atoms with Crippen molar-refractivity contribution < 1.29 is 5.11 Å². The molecule has 3 rings (SSSR count). The minimum atomic E-state index is -0.203. The van der Waals surface area contributed by atoms with Gasteiger partial charge in [0.15, 0.2) is 0 Å². The van der Waals surface area contributed by atoms with Crippen LogP contribution in [0.5, 0.6) is 0 Å². The van der Waals surface area contributed by atoms with Gasteiger partial charge in [-0.2, -0.15) is 0 Å². The van der Waals surface area contributed by atoms with E-state index in [9.17, 15) is 4.79 Å². The lowest BCUT2D eigenvalue weighted by atomic mass is 10.1. The second-order valence-electron chi connectivity index (χ2n) is 3.45. The fourth-order valence-electron chi connectivity index (χ4n) is 1.96. The first-order valence-electron chi connectivity index (χ1n) is 4.60. The van der Waals surface area contributed by atoms with E-state index in [4.69, 9.17) is 5.11 Å². The number of benzene rings is 2. The molecule has 0 aliphatic carbocycles. The smallest absolute Gasteiger partial charge is 0.278 e. The lowest BCUT2D eigenvalue weighted by Gasteiger charge is -1.96. The molecule has 0 unspecified atom stereocenters. The molecule has 3 aromatic rings. The van der Waals surface area contributed by atoms with Crippen molar-refractivity contribution in [3.05, 3.63) is 45.9 Å². The molecule has 0 saturated carbocycles. The number of aliphatic hydroxyl groups is 1. The largest absolute Gasteiger partial charge is 0.515 e. The highest BCUT2D eigenvalue weighted by Crippen LogP contribution is 2.20. The van der Waals surface area contributed by atoms with Crippen LogP contribution in [0.15, 0.2) is 35.1 Å². The minimum absolute atomic E-state index is 0.203. The summed E-state index contributed by atoms with van der Waals surface area (Å²) in [6.07, 6.45) is 1.05. The Kier molecular flexibility index (Phi) is 1.45. The summed E-state index contributed by atoms with van der Waals surface area (Å²) in [5.41, 5.74) is 0.488. The Morgan fingerprint density at radius 1 is 1.13 bits per heavy atom. The molecule has 1 N–H and O–H groups in total. The van der Waals surface area contributed by atoms with E-state index in [1.165, 1.54) is 0 Å². The molecular weight excluding hydrogens is 190 g/mol. The third kappa shape index (κ3) is 0.944. The molecule has 0 aliphatic heterocycles. The Labute approximate surface area is 84.6 Å². The van der Waals surface area contributed by atoms with E-state index in [0.717, 1.165) is 17.0 Å². The first kappa shape index (κ1) is 8.17. The lowest BCUT2D eigenvalue weighted by Crippen LogP contribution is -2.00. The number of hydrogen-bond donors (Lipinski definition) is 1. The van der Waals surface area contributed by atoms with Gasteiger partial charge in [0.1, 0.15) is 0 Å². The Balaban J connectivity index is 2.80. The van der Waals surface area contributed by atoms with Gasteiger partial charge >= 0.3 is 0 Å². The molecule has 3 heteroatoms. The van der Waals surface area contributed by atoms with Crippen LogP contribution >= 0.6 is 0 Å². The van der Waals surface area contributed by atoms with Crippen LogP contribution in [-0.2, 0) is 0 Å². The first-order valence-corrected chi connectivity index (χ1v) is 4.60. The average molecular weight is 197 g/mol. The molecule has 0 fully saturated rings. The van der Waals surface area contributed by atoms with Gasteiger partial charge in [0.2, 0.25) is 0 Å². The lowest BCUT2D eigenvalue weighted by molar-refractivity contribution is 0.541. The Hall–Kier alpha value is -2.16.